The van der Waals surface area contributed by atoms with Crippen LogP contribution in [0.3, 0.4) is 0 Å². The summed E-state index contributed by atoms with van der Waals surface area (Å²) in [5, 5.41) is 15.8. The molecule has 1 aliphatic rings. The Morgan fingerprint density at radius 3 is 2.82 bits per heavy atom. The van der Waals surface area contributed by atoms with Crippen LogP contribution < -0.4 is 16.4 Å². The average Bonchev–Trinajstić information content (AvgIpc) is 3.37. The highest BCUT2D eigenvalue weighted by Gasteiger charge is 2.33. The first-order chi connectivity index (χ1) is 18.3. The van der Waals surface area contributed by atoms with Crippen molar-refractivity contribution in [3.05, 3.63) is 77.9 Å². The lowest BCUT2D eigenvalue weighted by Crippen LogP contribution is -2.52. The summed E-state index contributed by atoms with van der Waals surface area (Å²) >= 11 is 0. The fraction of sp³-hybridized carbons (Fsp3) is 0.296. The molecule has 5 N–H and O–H groups in total. The molecule has 11 nitrogen and oxygen atoms in total. The Hall–Kier alpha value is -4.51. The normalized spacial score (nSPS) is 15.3. The number of aliphatic hydroxyl groups excluding tert-OH is 1. The van der Waals surface area contributed by atoms with Crippen LogP contribution in [0.25, 0.3) is 11.3 Å². The van der Waals surface area contributed by atoms with Crippen LogP contribution in [-0.2, 0) is 11.3 Å². The Labute approximate surface area is 221 Å². The van der Waals surface area contributed by atoms with E-state index in [2.05, 4.69) is 25.6 Å². The van der Waals surface area contributed by atoms with Crippen LogP contribution in [-0.4, -0.2) is 68.4 Å². The third-order valence-electron chi connectivity index (χ3n) is 6.44. The molecule has 3 aromatic rings. The summed E-state index contributed by atoms with van der Waals surface area (Å²) < 4.78 is 1.87. The van der Waals surface area contributed by atoms with E-state index in [1.807, 2.05) is 42.0 Å². The predicted octanol–water partition coefficient (Wildman–Crippen LogP) is 1.86. The standard InChI is InChI=1S/C27H32N8O3/c1-17-5-4-6-19(13-17)22(16-36)31-25(37)18(2)35-12-11-34-15-20(14-23(34)26(35)38)21-8-10-30-27(32-21)33-24(29-3)7-9-28/h4-10,13-15,18,22,36H,11-12,16,28H2,1-3H3,(H,31,37)(H,29,30,32,33)/t18-,22+/m0/s1. The fourth-order valence-electron chi connectivity index (χ4n) is 4.36. The summed E-state index contributed by atoms with van der Waals surface area (Å²) in [7, 11) is 1.62. The van der Waals surface area contributed by atoms with Crippen molar-refractivity contribution in [3.63, 3.8) is 0 Å². The molecule has 2 atom stereocenters. The van der Waals surface area contributed by atoms with Crippen LogP contribution in [0, 0.1) is 6.92 Å². The van der Waals surface area contributed by atoms with Gasteiger partial charge in [-0.15, -0.1) is 0 Å². The maximum atomic E-state index is 13.4. The second-order valence-electron chi connectivity index (χ2n) is 9.00. The van der Waals surface area contributed by atoms with Crippen molar-refractivity contribution in [2.75, 3.05) is 25.5 Å². The topological polar surface area (TPSA) is 151 Å². The van der Waals surface area contributed by atoms with Crippen LogP contribution in [0.1, 0.15) is 34.6 Å². The van der Waals surface area contributed by atoms with Gasteiger partial charge in [0, 0.05) is 38.1 Å². The number of benzene rings is 1. The number of carbonyl (C=O) groups is 2. The second kappa shape index (κ2) is 11.7. The number of carbonyl (C=O) groups excluding carboxylic acids is 2. The molecule has 0 radical (unpaired) electrons. The zero-order valence-corrected chi connectivity index (χ0v) is 21.6. The quantitative estimate of drug-likeness (QED) is 0.264. The number of aromatic nitrogens is 3. The first-order valence-electron chi connectivity index (χ1n) is 12.3. The molecule has 1 aromatic carbocycles. The van der Waals surface area contributed by atoms with E-state index in [-0.39, 0.29) is 18.4 Å². The molecule has 0 aliphatic carbocycles. The number of hydrogen-bond donors (Lipinski definition) is 4. The summed E-state index contributed by atoms with van der Waals surface area (Å²) in [6, 6.07) is 9.86. The number of fused-ring (bicyclic) bond motifs is 1. The number of hydrogen-bond acceptors (Lipinski definition) is 7. The van der Waals surface area contributed by atoms with Crippen LogP contribution in [0.4, 0.5) is 5.95 Å². The summed E-state index contributed by atoms with van der Waals surface area (Å²) in [6.45, 7) is 4.31. The van der Waals surface area contributed by atoms with E-state index >= 15 is 0 Å². The first kappa shape index (κ1) is 26.6. The number of anilines is 1. The lowest BCUT2D eigenvalue weighted by Gasteiger charge is -2.33. The van der Waals surface area contributed by atoms with Crippen molar-refractivity contribution in [2.45, 2.75) is 32.5 Å². The molecular weight excluding hydrogens is 484 g/mol. The van der Waals surface area contributed by atoms with Crippen LogP contribution in [0.5, 0.6) is 0 Å². The molecule has 0 unspecified atom stereocenters. The van der Waals surface area contributed by atoms with E-state index in [0.717, 1.165) is 16.7 Å². The van der Waals surface area contributed by atoms with Crippen LogP contribution >= 0.6 is 0 Å². The molecule has 0 spiro atoms. The maximum Gasteiger partial charge on any atom is 0.271 e. The van der Waals surface area contributed by atoms with E-state index in [9.17, 15) is 14.7 Å². The lowest BCUT2D eigenvalue weighted by atomic mass is 10.0. The van der Waals surface area contributed by atoms with Gasteiger partial charge >= 0.3 is 0 Å². The van der Waals surface area contributed by atoms with Gasteiger partial charge < -0.3 is 30.9 Å². The van der Waals surface area contributed by atoms with E-state index in [4.69, 9.17) is 5.73 Å². The molecule has 11 heteroatoms. The van der Waals surface area contributed by atoms with E-state index in [1.165, 1.54) is 6.20 Å². The summed E-state index contributed by atoms with van der Waals surface area (Å²) in [6.07, 6.45) is 6.45. The molecule has 2 aromatic heterocycles. The van der Waals surface area contributed by atoms with Gasteiger partial charge in [0.05, 0.1) is 18.3 Å². The molecule has 198 valence electrons. The highest BCUT2D eigenvalue weighted by Crippen LogP contribution is 2.25. The number of aliphatic hydroxyl groups is 1. The molecule has 0 bridgehead atoms. The number of amidine groups is 1. The first-order valence-corrected chi connectivity index (χ1v) is 12.3. The number of rotatable bonds is 8. The fourth-order valence-corrected chi connectivity index (χ4v) is 4.36. The Kier molecular flexibility index (Phi) is 8.17. The summed E-state index contributed by atoms with van der Waals surface area (Å²) in [5.41, 5.74) is 9.14. The van der Waals surface area contributed by atoms with E-state index in [1.54, 1.807) is 43.3 Å². The minimum absolute atomic E-state index is 0.244. The number of nitrogens with two attached hydrogens (primary N) is 1. The predicted molar refractivity (Wildman–Crippen MR) is 145 cm³/mol. The molecule has 0 saturated heterocycles. The molecular formula is C27H32N8O3. The molecule has 4 rings (SSSR count). The summed E-state index contributed by atoms with van der Waals surface area (Å²) in [4.78, 5) is 40.9. The van der Waals surface area contributed by atoms with Gasteiger partial charge in [-0.3, -0.25) is 14.6 Å². The van der Waals surface area contributed by atoms with Gasteiger partial charge in [-0.1, -0.05) is 29.8 Å². The van der Waals surface area contributed by atoms with Crippen molar-refractivity contribution in [1.29, 1.82) is 0 Å². The van der Waals surface area contributed by atoms with E-state index < -0.39 is 12.1 Å². The zero-order chi connectivity index (χ0) is 27.2. The zero-order valence-electron chi connectivity index (χ0n) is 21.6. The molecule has 38 heavy (non-hydrogen) atoms. The lowest BCUT2D eigenvalue weighted by molar-refractivity contribution is -0.126. The van der Waals surface area contributed by atoms with Gasteiger partial charge in [0.1, 0.15) is 17.6 Å². The minimum atomic E-state index is -0.717. The van der Waals surface area contributed by atoms with Crippen molar-refractivity contribution in [2.24, 2.45) is 10.7 Å². The van der Waals surface area contributed by atoms with Crippen molar-refractivity contribution in [3.8, 4) is 11.3 Å². The van der Waals surface area contributed by atoms with Gasteiger partial charge in [-0.25, -0.2) is 9.97 Å². The van der Waals surface area contributed by atoms with Crippen molar-refractivity contribution >= 4 is 23.6 Å². The highest BCUT2D eigenvalue weighted by atomic mass is 16.3. The van der Waals surface area contributed by atoms with Gasteiger partial charge in [-0.05, 0) is 43.8 Å². The SMILES string of the molecule is CN=C(C=CN)Nc1nccc(-c2cc3n(c2)CCN([C@@H](C)C(=O)N[C@H](CO)c2cccc(C)c2)C3=O)n1. The van der Waals surface area contributed by atoms with Crippen molar-refractivity contribution in [1.82, 2.24) is 24.8 Å². The monoisotopic (exact) mass is 516 g/mol. The minimum Gasteiger partial charge on any atom is -0.404 e. The van der Waals surface area contributed by atoms with Crippen LogP contribution in [0.2, 0.25) is 0 Å². The third-order valence-corrected chi connectivity index (χ3v) is 6.44. The molecule has 2 amide bonds. The number of nitrogens with one attached hydrogen (secondary N) is 2. The van der Waals surface area contributed by atoms with Gasteiger partial charge in [0.15, 0.2) is 0 Å². The Balaban J connectivity index is 1.49. The Morgan fingerprint density at radius 2 is 2.11 bits per heavy atom. The maximum absolute atomic E-state index is 13.4. The Morgan fingerprint density at radius 1 is 1.29 bits per heavy atom. The smallest absolute Gasteiger partial charge is 0.271 e. The van der Waals surface area contributed by atoms with Crippen molar-refractivity contribution < 1.29 is 14.7 Å². The Bertz CT molecular complexity index is 1380. The number of aliphatic imine (C=N–C) groups is 1. The number of aryl methyl sites for hydroxylation is 1. The van der Waals surface area contributed by atoms with Crippen LogP contribution in [0.15, 0.2) is 66.1 Å². The van der Waals surface area contributed by atoms with Gasteiger partial charge in [-0.2, -0.15) is 0 Å². The molecule has 1 aliphatic heterocycles. The summed E-state index contributed by atoms with van der Waals surface area (Å²) in [5.74, 6) is 0.271. The molecule has 0 saturated carbocycles. The molecule has 3 heterocycles. The third kappa shape index (κ3) is 5.73. The second-order valence-corrected chi connectivity index (χ2v) is 9.00. The van der Waals surface area contributed by atoms with Gasteiger partial charge in [0.25, 0.3) is 5.91 Å². The number of amides is 2. The number of nitrogens with zero attached hydrogens (tertiary/aromatic N) is 5. The average molecular weight is 517 g/mol. The van der Waals surface area contributed by atoms with E-state index in [0.29, 0.717) is 36.3 Å². The largest absolute Gasteiger partial charge is 0.404 e. The molecule has 0 fully saturated rings. The van der Waals surface area contributed by atoms with Gasteiger partial charge in [0.2, 0.25) is 11.9 Å². The highest BCUT2D eigenvalue weighted by molar-refractivity contribution is 6.02.